The minimum Gasteiger partial charge on any atom is -0.357 e. The molecule has 2 heterocycles. The van der Waals surface area contributed by atoms with Gasteiger partial charge in [0.2, 0.25) is 0 Å². The van der Waals surface area contributed by atoms with Crippen molar-refractivity contribution in [2.45, 2.75) is 19.6 Å². The number of hydrogen-bond donors (Lipinski definition) is 2. The van der Waals surface area contributed by atoms with Crippen LogP contribution in [0.25, 0.3) is 11.4 Å². The highest BCUT2D eigenvalue weighted by atomic mass is 32.1. The Morgan fingerprint density at radius 3 is 2.60 bits per heavy atom. The van der Waals surface area contributed by atoms with E-state index >= 15 is 0 Å². The van der Waals surface area contributed by atoms with E-state index in [9.17, 15) is 13.2 Å². The monoisotopic (exact) mass is 364 g/mol. The summed E-state index contributed by atoms with van der Waals surface area (Å²) in [4.78, 5) is 5.23. The normalized spacial score (nSPS) is 11.3. The van der Waals surface area contributed by atoms with Crippen LogP contribution in [0.2, 0.25) is 0 Å². The molecule has 0 aliphatic heterocycles. The fraction of sp³-hybridized carbons (Fsp3) is 0.200. The van der Waals surface area contributed by atoms with Gasteiger partial charge in [-0.1, -0.05) is 17.3 Å². The van der Waals surface area contributed by atoms with Crippen molar-refractivity contribution in [1.29, 1.82) is 5.26 Å². The van der Waals surface area contributed by atoms with Crippen molar-refractivity contribution in [2.75, 3.05) is 5.32 Å². The number of aromatic nitrogens is 4. The van der Waals surface area contributed by atoms with Crippen molar-refractivity contribution in [3.8, 4) is 17.5 Å². The molecule has 3 rings (SSSR count). The number of hydrogen-bond acceptors (Lipinski definition) is 6. The van der Waals surface area contributed by atoms with Gasteiger partial charge in [-0.15, -0.1) is 16.4 Å². The fourth-order valence-corrected chi connectivity index (χ4v) is 2.96. The van der Waals surface area contributed by atoms with Gasteiger partial charge in [0.25, 0.3) is 0 Å². The van der Waals surface area contributed by atoms with Gasteiger partial charge < -0.3 is 5.32 Å². The first-order chi connectivity index (χ1) is 11.9. The van der Waals surface area contributed by atoms with Gasteiger partial charge in [-0.3, -0.25) is 0 Å². The van der Waals surface area contributed by atoms with Crippen LogP contribution in [0.1, 0.15) is 21.7 Å². The van der Waals surface area contributed by atoms with Gasteiger partial charge in [0, 0.05) is 11.4 Å². The zero-order chi connectivity index (χ0) is 18.0. The molecule has 1 aromatic carbocycles. The zero-order valence-corrected chi connectivity index (χ0v) is 13.7. The van der Waals surface area contributed by atoms with Crippen molar-refractivity contribution in [2.24, 2.45) is 0 Å². The lowest BCUT2D eigenvalue weighted by molar-refractivity contribution is -0.137. The molecule has 0 saturated carbocycles. The largest absolute Gasteiger partial charge is 0.416 e. The Balaban J connectivity index is 1.73. The van der Waals surface area contributed by atoms with Gasteiger partial charge >= 0.3 is 6.18 Å². The van der Waals surface area contributed by atoms with Crippen LogP contribution in [0.5, 0.6) is 0 Å². The molecule has 0 amide bonds. The molecule has 0 saturated heterocycles. The number of nitrogens with one attached hydrogen (secondary N) is 2. The summed E-state index contributed by atoms with van der Waals surface area (Å²) in [7, 11) is 0. The van der Waals surface area contributed by atoms with E-state index in [1.54, 1.807) is 0 Å². The maximum Gasteiger partial charge on any atom is 0.416 e. The molecule has 0 radical (unpaired) electrons. The Labute approximate surface area is 144 Å². The van der Waals surface area contributed by atoms with E-state index in [0.717, 1.165) is 17.0 Å². The number of alkyl halides is 3. The molecular weight excluding hydrogens is 353 g/mol. The van der Waals surface area contributed by atoms with E-state index in [0.29, 0.717) is 28.6 Å². The van der Waals surface area contributed by atoms with Gasteiger partial charge in [-0.2, -0.15) is 18.4 Å². The maximum atomic E-state index is 12.6. The number of thiazole rings is 1. The highest BCUT2D eigenvalue weighted by molar-refractivity contribution is 7.15. The van der Waals surface area contributed by atoms with Crippen molar-refractivity contribution in [3.05, 3.63) is 46.0 Å². The fourth-order valence-electron chi connectivity index (χ4n) is 2.15. The van der Waals surface area contributed by atoms with Gasteiger partial charge in [-0.25, -0.2) is 10.1 Å². The third-order valence-electron chi connectivity index (χ3n) is 3.41. The first-order valence-corrected chi connectivity index (χ1v) is 7.89. The average molecular weight is 364 g/mol. The number of aromatic amines is 1. The number of rotatable bonds is 4. The quantitative estimate of drug-likeness (QED) is 0.736. The second-order valence-corrected chi connectivity index (χ2v) is 6.32. The molecule has 0 bridgehead atoms. The summed E-state index contributed by atoms with van der Waals surface area (Å²) < 4.78 is 37.7. The molecule has 128 valence electrons. The van der Waals surface area contributed by atoms with Crippen LogP contribution >= 0.6 is 11.3 Å². The third kappa shape index (κ3) is 3.61. The summed E-state index contributed by atoms with van der Waals surface area (Å²) in [6.45, 7) is 2.17. The molecule has 10 heteroatoms. The molecular formula is C15H11F3N6S. The molecule has 0 aliphatic rings. The molecule has 2 N–H and O–H groups in total. The molecule has 0 aliphatic carbocycles. The first kappa shape index (κ1) is 16.9. The zero-order valence-electron chi connectivity index (χ0n) is 12.8. The van der Waals surface area contributed by atoms with Crippen molar-refractivity contribution < 1.29 is 13.2 Å². The molecule has 6 nitrogen and oxygen atoms in total. The molecule has 0 unspecified atom stereocenters. The predicted molar refractivity (Wildman–Crippen MR) is 85.7 cm³/mol. The van der Waals surface area contributed by atoms with E-state index in [1.165, 1.54) is 23.5 Å². The Morgan fingerprint density at radius 1 is 1.24 bits per heavy atom. The number of benzene rings is 1. The first-order valence-electron chi connectivity index (χ1n) is 7.07. The minimum absolute atomic E-state index is 0.225. The van der Waals surface area contributed by atoms with Crippen molar-refractivity contribution in [1.82, 2.24) is 20.4 Å². The highest BCUT2D eigenvalue weighted by Gasteiger charge is 2.29. The summed E-state index contributed by atoms with van der Waals surface area (Å²) in [6.07, 6.45) is -4.34. The highest BCUT2D eigenvalue weighted by Crippen LogP contribution is 2.31. The third-order valence-corrected chi connectivity index (χ3v) is 4.33. The van der Waals surface area contributed by atoms with E-state index in [-0.39, 0.29) is 5.69 Å². The van der Waals surface area contributed by atoms with Crippen LogP contribution in [-0.4, -0.2) is 20.4 Å². The van der Waals surface area contributed by atoms with Gasteiger partial charge in [0.05, 0.1) is 5.56 Å². The van der Waals surface area contributed by atoms with Crippen LogP contribution in [0.3, 0.4) is 0 Å². The molecule has 0 spiro atoms. The minimum atomic E-state index is -4.34. The SMILES string of the molecule is Cc1sc(NCc2ccc(C(F)(F)F)cc2)nc1-c1nn[nH]c1C#N. The number of halogens is 3. The Kier molecular flexibility index (Phi) is 4.41. The number of aryl methyl sites for hydroxylation is 1. The van der Waals surface area contributed by atoms with Crippen molar-refractivity contribution in [3.63, 3.8) is 0 Å². The van der Waals surface area contributed by atoms with E-state index < -0.39 is 11.7 Å². The lowest BCUT2D eigenvalue weighted by atomic mass is 10.1. The van der Waals surface area contributed by atoms with Gasteiger partial charge in [0.15, 0.2) is 16.5 Å². The van der Waals surface area contributed by atoms with Crippen LogP contribution in [-0.2, 0) is 12.7 Å². The maximum absolute atomic E-state index is 12.6. The predicted octanol–water partition coefficient (Wildman–Crippen LogP) is 3.74. The summed E-state index contributed by atoms with van der Waals surface area (Å²) in [5.74, 6) is 0. The number of H-pyrrole nitrogens is 1. The Bertz CT molecular complexity index is 920. The standard InChI is InChI=1S/C15H11F3N6S/c1-8-12(13-11(6-19)22-24-23-13)21-14(25-8)20-7-9-2-4-10(5-3-9)15(16,17)18/h2-5H,7H2,1H3,(H,20,21)(H,22,23,24). The lowest BCUT2D eigenvalue weighted by Crippen LogP contribution is -2.05. The Hall–Kier alpha value is -2.93. The smallest absolute Gasteiger partial charge is 0.357 e. The summed E-state index contributed by atoms with van der Waals surface area (Å²) in [5.41, 5.74) is 1.16. The summed E-state index contributed by atoms with van der Waals surface area (Å²) >= 11 is 1.37. The summed E-state index contributed by atoms with van der Waals surface area (Å²) in [6, 6.07) is 6.89. The van der Waals surface area contributed by atoms with Crippen LogP contribution in [0.15, 0.2) is 24.3 Å². The van der Waals surface area contributed by atoms with E-state index in [4.69, 9.17) is 5.26 Å². The summed E-state index contributed by atoms with van der Waals surface area (Å²) in [5, 5.41) is 22.6. The molecule has 0 atom stereocenters. The van der Waals surface area contributed by atoms with Gasteiger partial charge in [-0.05, 0) is 24.6 Å². The molecule has 2 aromatic heterocycles. The van der Waals surface area contributed by atoms with Crippen LogP contribution in [0, 0.1) is 18.3 Å². The van der Waals surface area contributed by atoms with Crippen LogP contribution < -0.4 is 5.32 Å². The van der Waals surface area contributed by atoms with Gasteiger partial charge in [0.1, 0.15) is 11.8 Å². The average Bonchev–Trinajstić information content (AvgIpc) is 3.18. The van der Waals surface area contributed by atoms with Crippen LogP contribution in [0.4, 0.5) is 18.3 Å². The van der Waals surface area contributed by atoms with E-state index in [2.05, 4.69) is 25.7 Å². The van der Waals surface area contributed by atoms with E-state index in [1.807, 2.05) is 13.0 Å². The second kappa shape index (κ2) is 6.52. The lowest BCUT2D eigenvalue weighted by Gasteiger charge is -2.08. The second-order valence-electron chi connectivity index (χ2n) is 5.12. The van der Waals surface area contributed by atoms with Crippen molar-refractivity contribution >= 4 is 16.5 Å². The topological polar surface area (TPSA) is 90.3 Å². The number of nitriles is 1. The molecule has 0 fully saturated rings. The molecule has 25 heavy (non-hydrogen) atoms. The Morgan fingerprint density at radius 2 is 1.96 bits per heavy atom. The number of nitrogens with zero attached hydrogens (tertiary/aromatic N) is 4. The number of anilines is 1. The molecule has 3 aromatic rings.